The zero-order valence-electron chi connectivity index (χ0n) is 11.7. The summed E-state index contributed by atoms with van der Waals surface area (Å²) in [5, 5.41) is 10.2. The summed E-state index contributed by atoms with van der Waals surface area (Å²) in [6.45, 7) is 0.698. The molecule has 1 aliphatic heterocycles. The number of H-pyrrole nitrogens is 1. The highest BCUT2D eigenvalue weighted by atomic mass is 32.2. The fourth-order valence-corrected chi connectivity index (χ4v) is 4.34. The third-order valence-corrected chi connectivity index (χ3v) is 5.64. The van der Waals surface area contributed by atoms with Gasteiger partial charge in [-0.3, -0.25) is 5.10 Å². The van der Waals surface area contributed by atoms with Crippen molar-refractivity contribution in [3.8, 4) is 11.3 Å². The summed E-state index contributed by atoms with van der Waals surface area (Å²) in [4.78, 5) is 0. The lowest BCUT2D eigenvalue weighted by Crippen LogP contribution is -2.39. The van der Waals surface area contributed by atoms with Crippen molar-refractivity contribution in [3.63, 3.8) is 0 Å². The monoisotopic (exact) mass is 305 g/mol. The van der Waals surface area contributed by atoms with E-state index in [4.69, 9.17) is 0 Å². The van der Waals surface area contributed by atoms with Crippen molar-refractivity contribution in [2.75, 3.05) is 11.5 Å². The Kier molecular flexibility index (Phi) is 4.07. The lowest BCUT2D eigenvalue weighted by molar-refractivity contribution is 0.480. The molecule has 112 valence electrons. The fourth-order valence-electron chi connectivity index (χ4n) is 2.66. The molecular weight excluding hydrogens is 286 g/mol. The van der Waals surface area contributed by atoms with Crippen molar-refractivity contribution in [2.45, 2.75) is 25.4 Å². The maximum Gasteiger partial charge on any atom is 0.151 e. The second kappa shape index (κ2) is 5.99. The molecule has 2 N–H and O–H groups in total. The van der Waals surface area contributed by atoms with E-state index in [0.717, 1.165) is 29.7 Å². The standard InChI is InChI=1S/C15H19N3O2S/c19-21(20)9-1-2-14(11-21)16-10-12-3-5-13(6-4-12)15-7-8-17-18-15/h3-8,14,16H,1-2,9-11H2,(H,17,18). The molecule has 1 aliphatic rings. The first-order chi connectivity index (χ1) is 10.1. The number of nitrogens with zero attached hydrogens (tertiary/aromatic N) is 1. The molecule has 6 heteroatoms. The van der Waals surface area contributed by atoms with Crippen LogP contribution < -0.4 is 5.32 Å². The summed E-state index contributed by atoms with van der Waals surface area (Å²) in [6.07, 6.45) is 3.43. The van der Waals surface area contributed by atoms with E-state index in [9.17, 15) is 8.42 Å². The van der Waals surface area contributed by atoms with E-state index in [2.05, 4.69) is 27.6 Å². The molecule has 1 aromatic carbocycles. The van der Waals surface area contributed by atoms with Gasteiger partial charge in [-0.25, -0.2) is 8.42 Å². The molecule has 1 unspecified atom stereocenters. The summed E-state index contributed by atoms with van der Waals surface area (Å²) < 4.78 is 23.2. The summed E-state index contributed by atoms with van der Waals surface area (Å²) in [7, 11) is -2.85. The van der Waals surface area contributed by atoms with E-state index in [0.29, 0.717) is 12.3 Å². The minimum Gasteiger partial charge on any atom is -0.309 e. The van der Waals surface area contributed by atoms with Gasteiger partial charge >= 0.3 is 0 Å². The van der Waals surface area contributed by atoms with E-state index in [1.165, 1.54) is 0 Å². The zero-order valence-corrected chi connectivity index (χ0v) is 12.6. The first-order valence-corrected chi connectivity index (χ1v) is 8.97. The smallest absolute Gasteiger partial charge is 0.151 e. The van der Waals surface area contributed by atoms with Crippen LogP contribution in [-0.2, 0) is 16.4 Å². The quantitative estimate of drug-likeness (QED) is 0.902. The van der Waals surface area contributed by atoms with Gasteiger partial charge in [0.25, 0.3) is 0 Å². The number of sulfone groups is 1. The van der Waals surface area contributed by atoms with Crippen LogP contribution in [0.1, 0.15) is 18.4 Å². The highest BCUT2D eigenvalue weighted by molar-refractivity contribution is 7.91. The summed E-state index contributed by atoms with van der Waals surface area (Å²) in [6, 6.07) is 10.2. The molecule has 0 amide bonds. The fraction of sp³-hybridized carbons (Fsp3) is 0.400. The normalized spacial score (nSPS) is 21.2. The van der Waals surface area contributed by atoms with E-state index < -0.39 is 9.84 Å². The number of benzene rings is 1. The van der Waals surface area contributed by atoms with Gasteiger partial charge in [0.15, 0.2) is 9.84 Å². The Labute approximate surface area is 124 Å². The molecule has 1 fully saturated rings. The molecule has 21 heavy (non-hydrogen) atoms. The lowest BCUT2D eigenvalue weighted by atomic mass is 10.1. The van der Waals surface area contributed by atoms with Crippen molar-refractivity contribution in [3.05, 3.63) is 42.1 Å². The molecule has 5 nitrogen and oxygen atoms in total. The third kappa shape index (κ3) is 3.71. The maximum absolute atomic E-state index is 11.6. The van der Waals surface area contributed by atoms with Crippen LogP contribution in [-0.4, -0.2) is 36.2 Å². The number of hydrogen-bond donors (Lipinski definition) is 2. The van der Waals surface area contributed by atoms with Crippen LogP contribution in [0, 0.1) is 0 Å². The van der Waals surface area contributed by atoms with Crippen molar-refractivity contribution in [2.24, 2.45) is 0 Å². The van der Waals surface area contributed by atoms with Gasteiger partial charge < -0.3 is 5.32 Å². The Balaban J connectivity index is 1.58. The van der Waals surface area contributed by atoms with Crippen LogP contribution in [0.3, 0.4) is 0 Å². The van der Waals surface area contributed by atoms with Crippen molar-refractivity contribution < 1.29 is 8.42 Å². The van der Waals surface area contributed by atoms with Gasteiger partial charge in [0.2, 0.25) is 0 Å². The zero-order chi connectivity index (χ0) is 14.7. The van der Waals surface area contributed by atoms with Crippen LogP contribution in [0.4, 0.5) is 0 Å². The summed E-state index contributed by atoms with van der Waals surface area (Å²) >= 11 is 0. The van der Waals surface area contributed by atoms with Gasteiger partial charge in [-0.1, -0.05) is 24.3 Å². The van der Waals surface area contributed by atoms with E-state index in [-0.39, 0.29) is 11.8 Å². The molecule has 0 bridgehead atoms. The first-order valence-electron chi connectivity index (χ1n) is 7.15. The highest BCUT2D eigenvalue weighted by Gasteiger charge is 2.23. The predicted molar refractivity (Wildman–Crippen MR) is 82.5 cm³/mol. The number of nitrogens with one attached hydrogen (secondary N) is 2. The van der Waals surface area contributed by atoms with Crippen LogP contribution in [0.5, 0.6) is 0 Å². The Morgan fingerprint density at radius 3 is 2.71 bits per heavy atom. The SMILES string of the molecule is O=S1(=O)CCCC(NCc2ccc(-c3ccn[nH]3)cc2)C1. The minimum atomic E-state index is -2.85. The summed E-state index contributed by atoms with van der Waals surface area (Å²) in [5.74, 6) is 0.600. The number of aromatic nitrogens is 2. The van der Waals surface area contributed by atoms with Gasteiger partial charge in [-0.2, -0.15) is 5.10 Å². The topological polar surface area (TPSA) is 74.8 Å². The molecule has 1 aromatic heterocycles. The molecule has 0 aliphatic carbocycles. The number of rotatable bonds is 4. The molecule has 2 heterocycles. The summed E-state index contributed by atoms with van der Waals surface area (Å²) in [5.41, 5.74) is 3.24. The van der Waals surface area contributed by atoms with Gasteiger partial charge in [-0.15, -0.1) is 0 Å². The van der Waals surface area contributed by atoms with Crippen LogP contribution in [0.25, 0.3) is 11.3 Å². The Hall–Kier alpha value is -1.66. The lowest BCUT2D eigenvalue weighted by Gasteiger charge is -2.23. The van der Waals surface area contributed by atoms with Gasteiger partial charge in [-0.05, 0) is 30.0 Å². The second-order valence-electron chi connectivity index (χ2n) is 5.50. The molecular formula is C15H19N3O2S. The minimum absolute atomic E-state index is 0.0797. The van der Waals surface area contributed by atoms with Gasteiger partial charge in [0.05, 0.1) is 17.2 Å². The average molecular weight is 305 g/mol. The largest absolute Gasteiger partial charge is 0.309 e. The van der Waals surface area contributed by atoms with Gasteiger partial charge in [0.1, 0.15) is 0 Å². The van der Waals surface area contributed by atoms with Crippen LogP contribution >= 0.6 is 0 Å². The molecule has 2 aromatic rings. The number of hydrogen-bond acceptors (Lipinski definition) is 4. The Bertz CT molecular complexity index is 678. The Morgan fingerprint density at radius 1 is 1.24 bits per heavy atom. The molecule has 3 rings (SSSR count). The average Bonchev–Trinajstić information content (AvgIpc) is 2.99. The molecule has 0 saturated carbocycles. The van der Waals surface area contributed by atoms with Crippen LogP contribution in [0.2, 0.25) is 0 Å². The molecule has 1 atom stereocenters. The van der Waals surface area contributed by atoms with Crippen LogP contribution in [0.15, 0.2) is 36.5 Å². The third-order valence-electron chi connectivity index (χ3n) is 3.82. The van der Waals surface area contributed by atoms with E-state index in [1.807, 2.05) is 18.2 Å². The maximum atomic E-state index is 11.6. The second-order valence-corrected chi connectivity index (χ2v) is 7.73. The Morgan fingerprint density at radius 2 is 2.05 bits per heavy atom. The van der Waals surface area contributed by atoms with Crippen molar-refractivity contribution in [1.82, 2.24) is 15.5 Å². The molecule has 0 radical (unpaired) electrons. The van der Waals surface area contributed by atoms with Crippen molar-refractivity contribution >= 4 is 9.84 Å². The van der Waals surface area contributed by atoms with E-state index >= 15 is 0 Å². The first kappa shape index (κ1) is 14.3. The van der Waals surface area contributed by atoms with E-state index in [1.54, 1.807) is 6.20 Å². The number of aromatic amines is 1. The molecule has 0 spiro atoms. The highest BCUT2D eigenvalue weighted by Crippen LogP contribution is 2.17. The predicted octanol–water partition coefficient (Wildman–Crippen LogP) is 1.74. The molecule has 1 saturated heterocycles. The van der Waals surface area contributed by atoms with Gasteiger partial charge in [0, 0.05) is 18.8 Å². The van der Waals surface area contributed by atoms with Crippen molar-refractivity contribution in [1.29, 1.82) is 0 Å².